The summed E-state index contributed by atoms with van der Waals surface area (Å²) >= 11 is 6.13. The molecule has 4 rings (SSSR count). The van der Waals surface area contributed by atoms with Crippen LogP contribution >= 0.6 is 52.1 Å². The number of benzene rings is 3. The number of carbonyl (C=O) groups excluding carboxylic acids is 2. The first-order valence-electron chi connectivity index (χ1n) is 14.8. The van der Waals surface area contributed by atoms with Crippen LogP contribution in [0.3, 0.4) is 0 Å². The molecule has 20 heteroatoms. The van der Waals surface area contributed by atoms with Crippen molar-refractivity contribution >= 4 is 70.0 Å². The maximum atomic E-state index is 13.2. The van der Waals surface area contributed by atoms with Crippen molar-refractivity contribution in [2.75, 3.05) is 19.8 Å². The summed E-state index contributed by atoms with van der Waals surface area (Å²) < 4.78 is 88.4. The summed E-state index contributed by atoms with van der Waals surface area (Å²) in [5, 5.41) is 7.09. The van der Waals surface area contributed by atoms with Crippen LogP contribution in [-0.2, 0) is 28.6 Å². The Morgan fingerprint density at radius 1 is 0.792 bits per heavy atom. The molecule has 3 aromatic rings. The van der Waals surface area contributed by atoms with Gasteiger partial charge in [0.2, 0.25) is 0 Å². The Morgan fingerprint density at radius 2 is 1.17 bits per heavy atom. The molecule has 0 saturated carbocycles. The molecule has 0 bridgehead atoms. The Balaban J connectivity index is -0.000000600. The van der Waals surface area contributed by atoms with E-state index in [9.17, 15) is 40.7 Å². The number of thioether (sulfide) groups is 2. The van der Waals surface area contributed by atoms with E-state index < -0.39 is 33.2 Å². The van der Waals surface area contributed by atoms with Gasteiger partial charge in [0, 0.05) is 37.2 Å². The van der Waals surface area contributed by atoms with Crippen LogP contribution in [0.15, 0.2) is 106 Å². The smallest absolute Gasteiger partial charge is 0.553 e. The summed E-state index contributed by atoms with van der Waals surface area (Å²) in [5.74, 6) is -0.426. The predicted octanol–water partition coefficient (Wildman–Crippen LogP) is 7.52. The quantitative estimate of drug-likeness (QED) is 0.0376. The van der Waals surface area contributed by atoms with E-state index in [4.69, 9.17) is 20.9 Å². The fourth-order valence-electron chi connectivity index (χ4n) is 2.95. The van der Waals surface area contributed by atoms with E-state index in [0.29, 0.717) is 11.0 Å². The molecule has 1 heterocycles. The third-order valence-electron chi connectivity index (χ3n) is 5.16. The number of ether oxygens (including phenoxy) is 3. The van der Waals surface area contributed by atoms with Crippen LogP contribution in [0.2, 0.25) is 0 Å². The fraction of sp³-hybridized carbons (Fsp3) is 0.364. The molecule has 1 unspecified atom stereocenters. The number of hydrogen-bond donors (Lipinski definition) is 3. The normalized spacial score (nSPS) is 13.0. The Kier molecular flexibility index (Phi) is 32.7. The Labute approximate surface area is 348 Å². The van der Waals surface area contributed by atoms with Crippen molar-refractivity contribution in [1.82, 2.24) is 0 Å². The average Bonchev–Trinajstić information content (AvgIpc) is 3.58. The third-order valence-corrected chi connectivity index (χ3v) is 7.65. The molecule has 0 amide bonds. The zero-order valence-corrected chi connectivity index (χ0v) is 35.1. The largest absolute Gasteiger partial charge is 1.00 e. The van der Waals surface area contributed by atoms with Crippen LogP contribution < -0.4 is 29.6 Å². The summed E-state index contributed by atoms with van der Waals surface area (Å²) in [7, 11) is 0. The molecule has 3 N–H and O–H groups in total. The molecule has 0 aliphatic carbocycles. The number of halogens is 7. The summed E-state index contributed by atoms with van der Waals surface area (Å²) in [5.41, 5.74) is 0. The third kappa shape index (κ3) is 29.1. The Hall–Kier alpha value is -1.94. The van der Waals surface area contributed by atoms with Gasteiger partial charge in [-0.2, -0.15) is 26.3 Å². The van der Waals surface area contributed by atoms with E-state index in [1.54, 1.807) is 36.4 Å². The fourth-order valence-corrected chi connectivity index (χ4v) is 4.65. The summed E-state index contributed by atoms with van der Waals surface area (Å²) in [6.07, 6.45) is 3.08. The van der Waals surface area contributed by atoms with Crippen LogP contribution in [0.4, 0.5) is 26.3 Å². The van der Waals surface area contributed by atoms with Crippen molar-refractivity contribution in [1.29, 1.82) is 0 Å². The molecule has 1 aliphatic heterocycles. The standard InChI is InChI=1S/C10H10F2O2S.C8H6F2O2S.C6H6S.C5H10O.C4H5BrF2O2.H2NO.Na/c1-2-14-9(13)10(11,12)15-8-6-4-3-5-7-8;9-8(10,7(11)12)13-6-4-2-1-3-5-6;7-6-4-2-1-3-5-6;1-5-3-2-4-6-5;1-2-9-3(8)4(5,6)7;1-2;/h3-7H,2H2,1H3;1-5H,(H,11,12);1-5,7H;5H,2-4H2,1H3;2H2,1H3;1-2H;/q;;;;;-1;+1. The molecule has 0 radical (unpaired) electrons. The summed E-state index contributed by atoms with van der Waals surface area (Å²) in [6.45, 7) is 5.95. The van der Waals surface area contributed by atoms with Gasteiger partial charge < -0.3 is 30.4 Å². The SMILES string of the molecule is CC1CCCO1.CCOC(=O)C(F)(F)Br.CCOC(=O)C(F)(F)Sc1ccccc1.O=C(O)C(F)(F)Sc1ccccc1.Sc1ccccc1.[NH-]O.[Na+]. The molecular formula is C33H39BrF6NNaO8S3. The molecule has 1 fully saturated rings. The number of aliphatic carboxylic acids is 1. The second kappa shape index (κ2) is 31.3. The minimum absolute atomic E-state index is 0. The topological polar surface area (TPSA) is 143 Å². The van der Waals surface area contributed by atoms with Gasteiger partial charge in [-0.25, -0.2) is 14.4 Å². The van der Waals surface area contributed by atoms with Crippen molar-refractivity contribution < 1.29 is 94.8 Å². The maximum Gasteiger partial charge on any atom is 1.00 e. The molecular weight excluding hydrogens is 851 g/mol. The first-order valence-corrected chi connectivity index (χ1v) is 17.7. The Bertz CT molecular complexity index is 1390. The van der Waals surface area contributed by atoms with Crippen LogP contribution in [0, 0.1) is 0 Å². The van der Waals surface area contributed by atoms with Crippen LogP contribution in [0.5, 0.6) is 0 Å². The average molecular weight is 891 g/mol. The first-order chi connectivity index (χ1) is 24.4. The molecule has 1 atom stereocenters. The minimum atomic E-state index is -3.76. The molecule has 3 aromatic carbocycles. The molecule has 53 heavy (non-hydrogen) atoms. The van der Waals surface area contributed by atoms with Gasteiger partial charge in [-0.15, -0.1) is 12.6 Å². The zero-order valence-electron chi connectivity index (χ0n) is 29.0. The van der Waals surface area contributed by atoms with E-state index in [1.807, 2.05) is 46.3 Å². The monoisotopic (exact) mass is 889 g/mol. The number of esters is 2. The second-order valence-corrected chi connectivity index (χ2v) is 13.2. The van der Waals surface area contributed by atoms with Gasteiger partial charge in [0.1, 0.15) is 0 Å². The number of hydrogen-bond acceptors (Lipinski definition) is 10. The van der Waals surface area contributed by atoms with Gasteiger partial charge in [-0.3, -0.25) is 0 Å². The number of rotatable bonds is 9. The molecule has 0 spiro atoms. The summed E-state index contributed by atoms with van der Waals surface area (Å²) in [6, 6.07) is 25.5. The van der Waals surface area contributed by atoms with E-state index in [-0.39, 0.29) is 71.2 Å². The number of carboxylic acid groups (broad SMARTS) is 1. The van der Waals surface area contributed by atoms with Crippen molar-refractivity contribution in [3.8, 4) is 0 Å². The van der Waals surface area contributed by atoms with Gasteiger partial charge in [-0.1, -0.05) is 54.6 Å². The number of alkyl halides is 7. The van der Waals surface area contributed by atoms with Crippen molar-refractivity contribution in [3.05, 3.63) is 96.9 Å². The molecule has 1 aliphatic rings. The predicted molar refractivity (Wildman–Crippen MR) is 194 cm³/mol. The van der Waals surface area contributed by atoms with Gasteiger partial charge >= 0.3 is 62.8 Å². The van der Waals surface area contributed by atoms with Gasteiger partial charge in [0.25, 0.3) is 0 Å². The number of carbonyl (C=O) groups is 3. The van der Waals surface area contributed by atoms with E-state index >= 15 is 0 Å². The van der Waals surface area contributed by atoms with Crippen LogP contribution in [0.25, 0.3) is 5.90 Å². The number of nitrogens with one attached hydrogen (secondary N) is 1. The second-order valence-electron chi connectivity index (χ2n) is 9.27. The summed E-state index contributed by atoms with van der Waals surface area (Å²) in [4.78, 5) is 29.0. The molecule has 1 saturated heterocycles. The first kappa shape index (κ1) is 55.4. The Morgan fingerprint density at radius 3 is 1.42 bits per heavy atom. The minimum Gasteiger partial charge on any atom is -0.553 e. The van der Waals surface area contributed by atoms with Crippen molar-refractivity contribution in [3.63, 3.8) is 0 Å². The maximum absolute atomic E-state index is 13.2. The van der Waals surface area contributed by atoms with Crippen molar-refractivity contribution in [2.24, 2.45) is 0 Å². The molecule has 0 aromatic heterocycles. The van der Waals surface area contributed by atoms with Crippen LogP contribution in [-0.4, -0.2) is 69.5 Å². The van der Waals surface area contributed by atoms with Crippen LogP contribution in [0.1, 0.15) is 33.6 Å². The van der Waals surface area contributed by atoms with Gasteiger partial charge in [0.15, 0.2) is 0 Å². The van der Waals surface area contributed by atoms with Crippen molar-refractivity contribution in [2.45, 2.75) is 69.7 Å². The zero-order chi connectivity index (χ0) is 40.2. The van der Waals surface area contributed by atoms with E-state index in [2.05, 4.69) is 29.0 Å². The van der Waals surface area contributed by atoms with E-state index in [0.717, 1.165) is 11.5 Å². The van der Waals surface area contributed by atoms with Gasteiger partial charge in [0.05, 0.1) is 19.3 Å². The molecule has 9 nitrogen and oxygen atoms in total. The number of carboxylic acids is 1. The molecule has 292 valence electrons. The van der Waals surface area contributed by atoms with E-state index in [1.165, 1.54) is 51.0 Å². The number of thiol groups is 1. The van der Waals surface area contributed by atoms with Gasteiger partial charge in [-0.05, 0) is 93.5 Å².